The molecule has 0 saturated carbocycles. The second-order valence-electron chi connectivity index (χ2n) is 20.6. The molecule has 0 spiro atoms. The van der Waals surface area contributed by atoms with Crippen LogP contribution in [0.2, 0.25) is 0 Å². The lowest BCUT2D eigenvalue weighted by Gasteiger charge is -2.18. The summed E-state index contributed by atoms with van der Waals surface area (Å²) in [5, 5.41) is 0. The molecule has 408 valence electrons. The summed E-state index contributed by atoms with van der Waals surface area (Å²) in [6.07, 6.45) is 72.7. The molecule has 6 heteroatoms. The highest BCUT2D eigenvalue weighted by Crippen LogP contribution is 2.17. The van der Waals surface area contributed by atoms with E-state index < -0.39 is 6.10 Å². The summed E-state index contributed by atoms with van der Waals surface area (Å²) in [7, 11) is 0. The van der Waals surface area contributed by atoms with Crippen molar-refractivity contribution >= 4 is 17.9 Å². The maximum Gasteiger partial charge on any atom is 0.306 e. The summed E-state index contributed by atoms with van der Waals surface area (Å²) in [4.78, 5) is 38.1. The lowest BCUT2D eigenvalue weighted by Crippen LogP contribution is -2.30. The van der Waals surface area contributed by atoms with Crippen molar-refractivity contribution in [2.75, 3.05) is 13.2 Å². The summed E-state index contributed by atoms with van der Waals surface area (Å²) in [5.74, 6) is -0.910. The van der Waals surface area contributed by atoms with Gasteiger partial charge in [-0.1, -0.05) is 294 Å². The Balaban J connectivity index is 4.24. The highest BCUT2D eigenvalue weighted by atomic mass is 16.6. The van der Waals surface area contributed by atoms with Gasteiger partial charge in [-0.3, -0.25) is 14.4 Å². The molecule has 6 nitrogen and oxygen atoms in total. The first kappa shape index (κ1) is 67.4. The number of carbonyl (C=O) groups excluding carboxylic acids is 3. The van der Waals surface area contributed by atoms with Crippen molar-refractivity contribution in [1.82, 2.24) is 0 Å². The van der Waals surface area contributed by atoms with Crippen LogP contribution >= 0.6 is 0 Å². The van der Waals surface area contributed by atoms with E-state index in [0.29, 0.717) is 19.3 Å². The molecular formula is C64H116O6. The Bertz CT molecular complexity index is 1220. The van der Waals surface area contributed by atoms with E-state index >= 15 is 0 Å². The highest BCUT2D eigenvalue weighted by molar-refractivity contribution is 5.71. The molecule has 0 aromatic carbocycles. The molecule has 0 aliphatic rings. The van der Waals surface area contributed by atoms with E-state index in [1.807, 2.05) is 0 Å². The van der Waals surface area contributed by atoms with Gasteiger partial charge in [0.05, 0.1) is 0 Å². The third-order valence-electron chi connectivity index (χ3n) is 13.6. The fraction of sp³-hybridized carbons (Fsp3) is 0.828. The maximum atomic E-state index is 12.8. The second-order valence-corrected chi connectivity index (χ2v) is 20.6. The zero-order valence-electron chi connectivity index (χ0n) is 46.8. The molecule has 0 bridgehead atoms. The SMILES string of the molecule is CC/C=C\C/C=C\C/C=C\C/C=C\CCCCC(=O)OC(COC(=O)CCCCCCCCCCCCCC)COC(=O)CCCCCCCCCCCCCCCCCCCCCCCCCCC. The normalized spacial score (nSPS) is 12.3. The van der Waals surface area contributed by atoms with E-state index in [0.717, 1.165) is 77.0 Å². The van der Waals surface area contributed by atoms with E-state index in [9.17, 15) is 14.4 Å². The molecule has 0 N–H and O–H groups in total. The predicted molar refractivity (Wildman–Crippen MR) is 302 cm³/mol. The number of hydrogen-bond donors (Lipinski definition) is 0. The molecule has 0 rings (SSSR count). The maximum absolute atomic E-state index is 12.8. The minimum atomic E-state index is -0.791. The Morgan fingerprint density at radius 2 is 0.557 bits per heavy atom. The van der Waals surface area contributed by atoms with E-state index in [4.69, 9.17) is 14.2 Å². The van der Waals surface area contributed by atoms with Crippen LogP contribution in [0.5, 0.6) is 0 Å². The fourth-order valence-electron chi connectivity index (χ4n) is 9.02. The molecule has 0 radical (unpaired) electrons. The van der Waals surface area contributed by atoms with E-state index in [-0.39, 0.29) is 37.5 Å². The lowest BCUT2D eigenvalue weighted by atomic mass is 10.0. The number of unbranched alkanes of at least 4 members (excludes halogenated alkanes) is 37. The van der Waals surface area contributed by atoms with Crippen LogP contribution in [0.3, 0.4) is 0 Å². The molecule has 0 aliphatic heterocycles. The number of carbonyl (C=O) groups is 3. The third kappa shape index (κ3) is 56.3. The lowest BCUT2D eigenvalue weighted by molar-refractivity contribution is -0.167. The van der Waals surface area contributed by atoms with Crippen molar-refractivity contribution in [3.05, 3.63) is 48.6 Å². The van der Waals surface area contributed by atoms with Crippen LogP contribution < -0.4 is 0 Å². The topological polar surface area (TPSA) is 78.9 Å². The van der Waals surface area contributed by atoms with Crippen molar-refractivity contribution < 1.29 is 28.6 Å². The average Bonchev–Trinajstić information content (AvgIpc) is 3.36. The Morgan fingerprint density at radius 1 is 0.300 bits per heavy atom. The van der Waals surface area contributed by atoms with Crippen molar-refractivity contribution in [1.29, 1.82) is 0 Å². The van der Waals surface area contributed by atoms with E-state index in [1.165, 1.54) is 199 Å². The highest BCUT2D eigenvalue weighted by Gasteiger charge is 2.19. The van der Waals surface area contributed by atoms with Gasteiger partial charge in [-0.05, 0) is 57.8 Å². The molecule has 0 aliphatic carbocycles. The van der Waals surface area contributed by atoms with Gasteiger partial charge in [-0.15, -0.1) is 0 Å². The number of rotatable bonds is 56. The van der Waals surface area contributed by atoms with Gasteiger partial charge in [0.15, 0.2) is 6.10 Å². The Kier molecular flexibility index (Phi) is 56.7. The Labute approximate surface area is 435 Å². The molecule has 1 unspecified atom stereocenters. The van der Waals surface area contributed by atoms with Gasteiger partial charge < -0.3 is 14.2 Å². The average molecular weight is 982 g/mol. The first-order valence-electron chi connectivity index (χ1n) is 30.6. The van der Waals surface area contributed by atoms with Gasteiger partial charge in [0.25, 0.3) is 0 Å². The monoisotopic (exact) mass is 981 g/mol. The van der Waals surface area contributed by atoms with Crippen LogP contribution in [-0.4, -0.2) is 37.2 Å². The quantitative estimate of drug-likeness (QED) is 0.0261. The summed E-state index contributed by atoms with van der Waals surface area (Å²) >= 11 is 0. The van der Waals surface area contributed by atoms with Crippen LogP contribution in [0, 0.1) is 0 Å². The standard InChI is InChI=1S/C64H116O6/c1-4-7-10-13-16-19-22-25-27-28-29-30-31-32-33-34-35-36-38-39-42-45-48-51-54-57-63(66)69-60-61(59-68-62(65)56-53-50-47-44-41-24-21-18-15-12-9-6-3)70-64(67)58-55-52-49-46-43-40-37-26-23-20-17-14-11-8-5-2/h8,11,17,20,26,37,43,46,61H,4-7,9-10,12-16,18-19,21-25,27-36,38-42,44-45,47-60H2,1-3H3/b11-8-,20-17-,37-26-,46-43-. The zero-order chi connectivity index (χ0) is 50.7. The summed E-state index contributed by atoms with van der Waals surface area (Å²) in [6, 6.07) is 0. The fourth-order valence-corrected chi connectivity index (χ4v) is 9.02. The molecule has 1 atom stereocenters. The minimum absolute atomic E-state index is 0.0855. The van der Waals surface area contributed by atoms with Crippen molar-refractivity contribution in [2.45, 2.75) is 329 Å². The predicted octanol–water partition coefficient (Wildman–Crippen LogP) is 20.6. The van der Waals surface area contributed by atoms with Crippen LogP contribution in [-0.2, 0) is 28.6 Å². The smallest absolute Gasteiger partial charge is 0.306 e. The first-order valence-corrected chi connectivity index (χ1v) is 30.6. The van der Waals surface area contributed by atoms with Gasteiger partial charge in [0.2, 0.25) is 0 Å². The molecule has 0 fully saturated rings. The number of esters is 3. The van der Waals surface area contributed by atoms with E-state index in [2.05, 4.69) is 69.4 Å². The van der Waals surface area contributed by atoms with Gasteiger partial charge in [0.1, 0.15) is 13.2 Å². The Hall–Kier alpha value is -2.63. The summed E-state index contributed by atoms with van der Waals surface area (Å²) in [5.41, 5.74) is 0. The zero-order valence-corrected chi connectivity index (χ0v) is 46.8. The Morgan fingerprint density at radius 3 is 0.871 bits per heavy atom. The summed E-state index contributed by atoms with van der Waals surface area (Å²) in [6.45, 7) is 6.53. The van der Waals surface area contributed by atoms with Gasteiger partial charge in [-0.2, -0.15) is 0 Å². The number of allylic oxidation sites excluding steroid dienone is 8. The van der Waals surface area contributed by atoms with Crippen LogP contribution in [0.15, 0.2) is 48.6 Å². The van der Waals surface area contributed by atoms with Crippen molar-refractivity contribution in [3.63, 3.8) is 0 Å². The third-order valence-corrected chi connectivity index (χ3v) is 13.6. The largest absolute Gasteiger partial charge is 0.462 e. The molecule has 0 aromatic rings. The minimum Gasteiger partial charge on any atom is -0.462 e. The van der Waals surface area contributed by atoms with Crippen LogP contribution in [0.1, 0.15) is 323 Å². The van der Waals surface area contributed by atoms with Gasteiger partial charge in [-0.25, -0.2) is 0 Å². The van der Waals surface area contributed by atoms with Gasteiger partial charge in [0, 0.05) is 19.3 Å². The number of ether oxygens (including phenoxy) is 3. The molecule has 70 heavy (non-hydrogen) atoms. The molecule has 0 heterocycles. The number of hydrogen-bond acceptors (Lipinski definition) is 6. The van der Waals surface area contributed by atoms with Crippen molar-refractivity contribution in [3.8, 4) is 0 Å². The van der Waals surface area contributed by atoms with Crippen LogP contribution in [0.25, 0.3) is 0 Å². The summed E-state index contributed by atoms with van der Waals surface area (Å²) < 4.78 is 16.8. The molecule has 0 saturated heterocycles. The van der Waals surface area contributed by atoms with E-state index in [1.54, 1.807) is 0 Å². The molecule has 0 amide bonds. The molecular weight excluding hydrogens is 865 g/mol. The van der Waals surface area contributed by atoms with Gasteiger partial charge >= 0.3 is 17.9 Å². The first-order chi connectivity index (χ1) is 34.5. The van der Waals surface area contributed by atoms with Crippen LogP contribution in [0.4, 0.5) is 0 Å². The second kappa shape index (κ2) is 58.9. The molecule has 0 aromatic heterocycles. The van der Waals surface area contributed by atoms with Crippen molar-refractivity contribution in [2.24, 2.45) is 0 Å².